The fraction of sp³-hybridized carbons (Fsp3) is 0.467. The van der Waals surface area contributed by atoms with Crippen LogP contribution in [0.3, 0.4) is 0 Å². The van der Waals surface area contributed by atoms with Crippen LogP contribution in [0.25, 0.3) is 0 Å². The molecule has 8 heteroatoms. The summed E-state index contributed by atoms with van der Waals surface area (Å²) in [5, 5.41) is 7.42. The van der Waals surface area contributed by atoms with Gasteiger partial charge in [-0.2, -0.15) is 4.98 Å². The highest BCUT2D eigenvalue weighted by Gasteiger charge is 2.28. The lowest BCUT2D eigenvalue weighted by Crippen LogP contribution is -2.24. The first kappa shape index (κ1) is 19.8. The molecule has 1 heterocycles. The van der Waals surface area contributed by atoms with Crippen LogP contribution >= 0.6 is 24.0 Å². The maximum Gasteiger partial charge on any atom is 0.248 e. The highest BCUT2D eigenvalue weighted by molar-refractivity contribution is 6.31. The lowest BCUT2D eigenvalue weighted by molar-refractivity contribution is 0.256. The molecule has 0 radical (unpaired) electrons. The number of hydrogen-bond donors (Lipinski definition) is 1. The summed E-state index contributed by atoms with van der Waals surface area (Å²) < 4.78 is 19.5. The molecule has 23 heavy (non-hydrogen) atoms. The molecule has 0 bridgehead atoms. The summed E-state index contributed by atoms with van der Waals surface area (Å²) in [6.45, 7) is 2.02. The Hall–Kier alpha value is -1.21. The van der Waals surface area contributed by atoms with Gasteiger partial charge >= 0.3 is 0 Å². The van der Waals surface area contributed by atoms with E-state index < -0.39 is 11.9 Å². The van der Waals surface area contributed by atoms with Crippen molar-refractivity contribution in [3.63, 3.8) is 0 Å². The molecule has 2 unspecified atom stereocenters. The van der Waals surface area contributed by atoms with E-state index in [0.29, 0.717) is 28.7 Å². The standard InChI is InChI=1S/C15H20ClFN4O.ClH/c1-9(18-2)8-12-19-15(22-20-12)14(21(3)4)13-10(16)6-5-7-11(13)17;/h5-7,9,14,18H,8H2,1-4H3;1H. The molecule has 128 valence electrons. The zero-order valence-electron chi connectivity index (χ0n) is 13.5. The van der Waals surface area contributed by atoms with Crippen molar-refractivity contribution in [3.05, 3.63) is 46.3 Å². The van der Waals surface area contributed by atoms with Crippen molar-refractivity contribution in [1.82, 2.24) is 20.4 Å². The Morgan fingerprint density at radius 3 is 2.65 bits per heavy atom. The SMILES string of the molecule is CNC(C)Cc1noc(C(c2c(F)cccc2Cl)N(C)C)n1.Cl. The van der Waals surface area contributed by atoms with E-state index in [-0.39, 0.29) is 18.4 Å². The second-order valence-electron chi connectivity index (χ2n) is 5.44. The van der Waals surface area contributed by atoms with Gasteiger partial charge < -0.3 is 9.84 Å². The molecule has 1 N–H and O–H groups in total. The van der Waals surface area contributed by atoms with Crippen LogP contribution in [0.15, 0.2) is 22.7 Å². The molecule has 0 amide bonds. The number of halogens is 3. The zero-order valence-corrected chi connectivity index (χ0v) is 15.1. The average Bonchev–Trinajstić information content (AvgIpc) is 2.90. The van der Waals surface area contributed by atoms with E-state index in [1.165, 1.54) is 6.07 Å². The van der Waals surface area contributed by atoms with Gasteiger partial charge in [0.1, 0.15) is 11.9 Å². The van der Waals surface area contributed by atoms with E-state index in [9.17, 15) is 4.39 Å². The third-order valence-corrected chi connectivity index (χ3v) is 3.82. The normalized spacial score (nSPS) is 13.7. The van der Waals surface area contributed by atoms with Crippen LogP contribution in [-0.2, 0) is 6.42 Å². The molecule has 2 rings (SSSR count). The van der Waals surface area contributed by atoms with E-state index in [1.54, 1.807) is 17.0 Å². The van der Waals surface area contributed by atoms with Crippen molar-refractivity contribution in [2.75, 3.05) is 21.1 Å². The second kappa shape index (κ2) is 8.59. The topological polar surface area (TPSA) is 54.2 Å². The number of hydrogen-bond acceptors (Lipinski definition) is 5. The predicted molar refractivity (Wildman–Crippen MR) is 90.7 cm³/mol. The minimum absolute atomic E-state index is 0. The number of aromatic nitrogens is 2. The largest absolute Gasteiger partial charge is 0.337 e. The fourth-order valence-electron chi connectivity index (χ4n) is 2.21. The smallest absolute Gasteiger partial charge is 0.248 e. The number of benzene rings is 1. The van der Waals surface area contributed by atoms with E-state index in [2.05, 4.69) is 15.5 Å². The van der Waals surface area contributed by atoms with Crippen molar-refractivity contribution < 1.29 is 8.91 Å². The summed E-state index contributed by atoms with van der Waals surface area (Å²) >= 11 is 6.17. The summed E-state index contributed by atoms with van der Waals surface area (Å²) in [5.74, 6) is 0.515. The van der Waals surface area contributed by atoms with Gasteiger partial charge in [0, 0.05) is 23.0 Å². The molecular formula is C15H21Cl2FN4O. The Bertz CT molecular complexity index is 615. The quantitative estimate of drug-likeness (QED) is 0.855. The fourth-order valence-corrected chi connectivity index (χ4v) is 2.48. The average molecular weight is 363 g/mol. The van der Waals surface area contributed by atoms with E-state index in [1.807, 2.05) is 28.1 Å². The molecule has 0 fully saturated rings. The van der Waals surface area contributed by atoms with Crippen LogP contribution in [-0.4, -0.2) is 42.2 Å². The van der Waals surface area contributed by atoms with Crippen molar-refractivity contribution in [2.45, 2.75) is 25.4 Å². The highest BCUT2D eigenvalue weighted by atomic mass is 35.5. The third kappa shape index (κ3) is 4.64. The minimum Gasteiger partial charge on any atom is -0.337 e. The first-order valence-corrected chi connectivity index (χ1v) is 7.42. The first-order chi connectivity index (χ1) is 10.4. The molecule has 0 aliphatic heterocycles. The molecule has 5 nitrogen and oxygen atoms in total. The van der Waals surface area contributed by atoms with Crippen molar-refractivity contribution in [1.29, 1.82) is 0 Å². The Morgan fingerprint density at radius 2 is 2.09 bits per heavy atom. The number of rotatable bonds is 6. The maximum atomic E-state index is 14.2. The molecule has 0 spiro atoms. The molecule has 0 saturated heterocycles. The summed E-state index contributed by atoms with van der Waals surface area (Å²) in [7, 11) is 5.49. The third-order valence-electron chi connectivity index (χ3n) is 3.49. The molecule has 1 aromatic carbocycles. The van der Waals surface area contributed by atoms with Gasteiger partial charge in [0.2, 0.25) is 5.89 Å². The van der Waals surface area contributed by atoms with E-state index in [0.717, 1.165) is 0 Å². The predicted octanol–water partition coefficient (Wildman–Crippen LogP) is 3.09. The lowest BCUT2D eigenvalue weighted by Gasteiger charge is -2.22. The molecule has 2 aromatic rings. The van der Waals surface area contributed by atoms with Gasteiger partial charge in [-0.1, -0.05) is 22.8 Å². The molecule has 0 saturated carbocycles. The highest BCUT2D eigenvalue weighted by Crippen LogP contribution is 2.33. The summed E-state index contributed by atoms with van der Waals surface area (Å²) in [5.41, 5.74) is 0.339. The van der Waals surface area contributed by atoms with Gasteiger partial charge in [-0.15, -0.1) is 12.4 Å². The summed E-state index contributed by atoms with van der Waals surface area (Å²) in [6.07, 6.45) is 0.630. The zero-order chi connectivity index (χ0) is 16.3. The Labute approximate surface area is 146 Å². The molecule has 1 aromatic heterocycles. The maximum absolute atomic E-state index is 14.2. The van der Waals surface area contributed by atoms with E-state index in [4.69, 9.17) is 16.1 Å². The molecule has 2 atom stereocenters. The van der Waals surface area contributed by atoms with Gasteiger partial charge in [0.15, 0.2) is 5.82 Å². The van der Waals surface area contributed by atoms with Crippen molar-refractivity contribution in [3.8, 4) is 0 Å². The van der Waals surface area contributed by atoms with Crippen LogP contribution in [0.2, 0.25) is 5.02 Å². The molecule has 0 aliphatic carbocycles. The number of likely N-dealkylation sites (N-methyl/N-ethyl adjacent to an activating group) is 1. The van der Waals surface area contributed by atoms with Crippen LogP contribution in [0, 0.1) is 5.82 Å². The monoisotopic (exact) mass is 362 g/mol. The second-order valence-corrected chi connectivity index (χ2v) is 5.85. The van der Waals surface area contributed by atoms with Crippen LogP contribution in [0.5, 0.6) is 0 Å². The Morgan fingerprint density at radius 1 is 1.39 bits per heavy atom. The van der Waals surface area contributed by atoms with E-state index >= 15 is 0 Å². The van der Waals surface area contributed by atoms with Gasteiger partial charge in [-0.25, -0.2) is 4.39 Å². The van der Waals surface area contributed by atoms with Crippen molar-refractivity contribution >= 4 is 24.0 Å². The van der Waals surface area contributed by atoms with Gasteiger partial charge in [-0.3, -0.25) is 4.90 Å². The van der Waals surface area contributed by atoms with Crippen LogP contribution < -0.4 is 5.32 Å². The first-order valence-electron chi connectivity index (χ1n) is 7.04. The van der Waals surface area contributed by atoms with Gasteiger partial charge in [0.05, 0.1) is 0 Å². The lowest BCUT2D eigenvalue weighted by atomic mass is 10.1. The number of nitrogens with one attached hydrogen (secondary N) is 1. The van der Waals surface area contributed by atoms with Crippen LogP contribution in [0.4, 0.5) is 4.39 Å². The van der Waals surface area contributed by atoms with Crippen molar-refractivity contribution in [2.24, 2.45) is 0 Å². The summed E-state index contributed by atoms with van der Waals surface area (Å²) in [6, 6.07) is 4.29. The van der Waals surface area contributed by atoms with Crippen LogP contribution in [0.1, 0.15) is 30.2 Å². The molecular weight excluding hydrogens is 342 g/mol. The summed E-state index contributed by atoms with van der Waals surface area (Å²) in [4.78, 5) is 6.19. The van der Waals surface area contributed by atoms with Gasteiger partial charge in [0.25, 0.3) is 0 Å². The number of nitrogens with zero attached hydrogens (tertiary/aromatic N) is 3. The van der Waals surface area contributed by atoms with Gasteiger partial charge in [-0.05, 0) is 40.2 Å². The minimum atomic E-state index is -0.528. The Balaban J connectivity index is 0.00000264. The molecule has 0 aliphatic rings. The Kier molecular flexibility index (Phi) is 7.41.